The van der Waals surface area contributed by atoms with E-state index in [-0.39, 0.29) is 5.91 Å². The quantitative estimate of drug-likeness (QED) is 0.456. The van der Waals surface area contributed by atoms with E-state index in [0.717, 1.165) is 43.5 Å². The van der Waals surface area contributed by atoms with E-state index in [1.165, 1.54) is 50.5 Å². The van der Waals surface area contributed by atoms with Crippen LogP contribution in [0.25, 0.3) is 0 Å². The summed E-state index contributed by atoms with van der Waals surface area (Å²) in [4.78, 5) is 15.3. The van der Waals surface area contributed by atoms with Crippen LogP contribution in [0, 0.1) is 0 Å². The first-order chi connectivity index (χ1) is 13.7. The second kappa shape index (κ2) is 10.4. The van der Waals surface area contributed by atoms with Crippen LogP contribution in [0.3, 0.4) is 0 Å². The predicted octanol–water partition coefficient (Wildman–Crippen LogP) is 5.72. The number of rotatable bonds is 11. The first kappa shape index (κ1) is 21.3. The molecule has 156 valence electrons. The van der Waals surface area contributed by atoms with Crippen LogP contribution in [-0.2, 0) is 26.5 Å². The Morgan fingerprint density at radius 3 is 2.32 bits per heavy atom. The highest BCUT2D eigenvalue weighted by Crippen LogP contribution is 2.45. The van der Waals surface area contributed by atoms with Gasteiger partial charge in [0, 0.05) is 12.1 Å². The van der Waals surface area contributed by atoms with Gasteiger partial charge in [0.05, 0.1) is 18.9 Å². The molecule has 0 atom stereocenters. The normalized spacial score (nSPS) is 18.1. The van der Waals surface area contributed by atoms with Crippen molar-refractivity contribution in [2.75, 3.05) is 24.7 Å². The zero-order valence-corrected chi connectivity index (χ0v) is 17.8. The van der Waals surface area contributed by atoms with Crippen molar-refractivity contribution in [1.82, 2.24) is 0 Å². The van der Waals surface area contributed by atoms with Crippen molar-refractivity contribution < 1.29 is 14.3 Å². The summed E-state index contributed by atoms with van der Waals surface area (Å²) in [7, 11) is 0. The van der Waals surface area contributed by atoms with Crippen LogP contribution in [0.1, 0.15) is 89.2 Å². The molecule has 28 heavy (non-hydrogen) atoms. The van der Waals surface area contributed by atoms with E-state index in [1.807, 2.05) is 4.90 Å². The molecule has 0 unspecified atom stereocenters. The summed E-state index contributed by atoms with van der Waals surface area (Å²) in [5, 5.41) is 0. The van der Waals surface area contributed by atoms with E-state index in [9.17, 15) is 4.79 Å². The Hall–Kier alpha value is -1.39. The Morgan fingerprint density at radius 1 is 0.929 bits per heavy atom. The third-order valence-electron chi connectivity index (χ3n) is 5.94. The van der Waals surface area contributed by atoms with Crippen molar-refractivity contribution in [1.29, 1.82) is 0 Å². The van der Waals surface area contributed by atoms with Crippen LogP contribution in [-0.4, -0.2) is 25.7 Å². The lowest BCUT2D eigenvalue weighted by Gasteiger charge is -2.32. The highest BCUT2D eigenvalue weighted by molar-refractivity contribution is 6.06. The molecule has 0 aromatic heterocycles. The maximum Gasteiger partial charge on any atom is 0.292 e. The number of nitrogens with zero attached hydrogens (tertiary/aromatic N) is 1. The number of carbonyl (C=O) groups excluding carboxylic acids is 1. The number of unbranched alkanes of at least 4 members (excludes halogenated alkanes) is 7. The summed E-state index contributed by atoms with van der Waals surface area (Å²) < 4.78 is 12.0. The molecule has 4 nitrogen and oxygen atoms in total. The topological polar surface area (TPSA) is 38.8 Å². The van der Waals surface area contributed by atoms with E-state index >= 15 is 0 Å². The van der Waals surface area contributed by atoms with Crippen LogP contribution in [0.2, 0.25) is 0 Å². The molecule has 1 aromatic rings. The monoisotopic (exact) mass is 387 g/mol. The van der Waals surface area contributed by atoms with Gasteiger partial charge in [-0.2, -0.15) is 0 Å². The van der Waals surface area contributed by atoms with Gasteiger partial charge in [-0.15, -0.1) is 0 Å². The van der Waals surface area contributed by atoms with Gasteiger partial charge in [-0.05, 0) is 43.4 Å². The molecule has 2 heterocycles. The Kier molecular flexibility index (Phi) is 7.92. The van der Waals surface area contributed by atoms with Gasteiger partial charge >= 0.3 is 0 Å². The molecular weight excluding hydrogens is 350 g/mol. The smallest absolute Gasteiger partial charge is 0.292 e. The summed E-state index contributed by atoms with van der Waals surface area (Å²) in [6, 6.07) is 6.43. The molecule has 0 bridgehead atoms. The fourth-order valence-corrected chi connectivity index (χ4v) is 4.28. The molecule has 2 aliphatic heterocycles. The lowest BCUT2D eigenvalue weighted by atomic mass is 10.00. The molecule has 0 radical (unpaired) electrons. The number of aryl methyl sites for hydroxylation is 1. The minimum atomic E-state index is -1.20. The molecule has 1 aromatic carbocycles. The van der Waals surface area contributed by atoms with Gasteiger partial charge in [0.15, 0.2) is 0 Å². The minimum absolute atomic E-state index is 0.0270. The average molecular weight is 388 g/mol. The Bertz CT molecular complexity index is 637. The first-order valence-electron chi connectivity index (χ1n) is 11.5. The van der Waals surface area contributed by atoms with Gasteiger partial charge in [0.25, 0.3) is 11.7 Å². The van der Waals surface area contributed by atoms with Gasteiger partial charge in [-0.25, -0.2) is 0 Å². The summed E-state index contributed by atoms with van der Waals surface area (Å²) in [6.07, 6.45) is 12.9. The molecule has 1 amide bonds. The zero-order valence-electron chi connectivity index (χ0n) is 17.8. The molecule has 0 aliphatic carbocycles. The van der Waals surface area contributed by atoms with Crippen molar-refractivity contribution in [2.45, 2.75) is 90.3 Å². The Labute approximate surface area is 170 Å². The molecule has 0 N–H and O–H groups in total. The second-order valence-corrected chi connectivity index (χ2v) is 8.20. The molecule has 0 saturated carbocycles. The molecule has 4 heteroatoms. The van der Waals surface area contributed by atoms with Crippen molar-refractivity contribution in [2.24, 2.45) is 0 Å². The lowest BCUT2D eigenvalue weighted by Crippen LogP contribution is -2.47. The van der Waals surface area contributed by atoms with Crippen molar-refractivity contribution in [3.63, 3.8) is 0 Å². The number of fused-ring (bicyclic) bond motifs is 2. The molecule has 1 fully saturated rings. The summed E-state index contributed by atoms with van der Waals surface area (Å²) in [5.74, 6) is -1.22. The van der Waals surface area contributed by atoms with Crippen LogP contribution < -0.4 is 4.90 Å². The fourth-order valence-electron chi connectivity index (χ4n) is 4.28. The van der Waals surface area contributed by atoms with Gasteiger partial charge in [0.1, 0.15) is 0 Å². The van der Waals surface area contributed by atoms with Crippen molar-refractivity contribution >= 4 is 11.6 Å². The van der Waals surface area contributed by atoms with Crippen LogP contribution >= 0.6 is 0 Å². The Balaban J connectivity index is 1.69. The standard InChI is InChI=1S/C24H37NO3/c1-3-5-7-8-9-10-11-16-25-22-15-14-20(13-6-4-2)19-21(22)24(23(25)26)27-17-12-18-28-24/h14-15,19H,3-13,16-18H2,1-2H3. The van der Waals surface area contributed by atoms with E-state index in [2.05, 4.69) is 32.0 Å². The van der Waals surface area contributed by atoms with Crippen LogP contribution in [0.4, 0.5) is 5.69 Å². The van der Waals surface area contributed by atoms with E-state index < -0.39 is 5.79 Å². The van der Waals surface area contributed by atoms with Gasteiger partial charge < -0.3 is 14.4 Å². The maximum atomic E-state index is 13.3. The SMILES string of the molecule is CCCCCCCCCN1C(=O)C2(OCCCO2)c2cc(CCCC)ccc21. The third-order valence-corrected chi connectivity index (χ3v) is 5.94. The largest absolute Gasteiger partial charge is 0.338 e. The molecule has 2 aliphatic rings. The van der Waals surface area contributed by atoms with E-state index in [1.54, 1.807) is 0 Å². The number of benzene rings is 1. The van der Waals surface area contributed by atoms with Crippen molar-refractivity contribution in [3.8, 4) is 0 Å². The Morgan fingerprint density at radius 2 is 1.61 bits per heavy atom. The number of anilines is 1. The van der Waals surface area contributed by atoms with Crippen LogP contribution in [0.15, 0.2) is 18.2 Å². The predicted molar refractivity (Wildman–Crippen MR) is 114 cm³/mol. The summed E-state index contributed by atoms with van der Waals surface area (Å²) >= 11 is 0. The average Bonchev–Trinajstić information content (AvgIpc) is 2.94. The van der Waals surface area contributed by atoms with Gasteiger partial charge in [-0.3, -0.25) is 4.79 Å². The highest BCUT2D eigenvalue weighted by atomic mass is 16.7. The van der Waals surface area contributed by atoms with Crippen molar-refractivity contribution in [3.05, 3.63) is 29.3 Å². The highest BCUT2D eigenvalue weighted by Gasteiger charge is 2.54. The minimum Gasteiger partial charge on any atom is -0.338 e. The van der Waals surface area contributed by atoms with Gasteiger partial charge in [-0.1, -0.05) is 64.9 Å². The zero-order chi connectivity index (χ0) is 19.8. The van der Waals surface area contributed by atoms with E-state index in [0.29, 0.717) is 13.2 Å². The number of hydrogen-bond acceptors (Lipinski definition) is 3. The number of hydrogen-bond donors (Lipinski definition) is 0. The molecule has 3 rings (SSSR count). The summed E-state index contributed by atoms with van der Waals surface area (Å²) in [6.45, 7) is 6.36. The first-order valence-corrected chi connectivity index (χ1v) is 11.5. The third kappa shape index (κ3) is 4.60. The number of ether oxygens (including phenoxy) is 2. The fraction of sp³-hybridized carbons (Fsp3) is 0.708. The molecule has 1 saturated heterocycles. The second-order valence-electron chi connectivity index (χ2n) is 8.20. The maximum absolute atomic E-state index is 13.3. The lowest BCUT2D eigenvalue weighted by molar-refractivity contribution is -0.256. The van der Waals surface area contributed by atoms with E-state index in [4.69, 9.17) is 9.47 Å². The van der Waals surface area contributed by atoms with Gasteiger partial charge in [0.2, 0.25) is 0 Å². The number of carbonyl (C=O) groups is 1. The number of amides is 1. The molecular formula is C24H37NO3. The summed E-state index contributed by atoms with van der Waals surface area (Å²) in [5.41, 5.74) is 3.18. The molecule has 1 spiro atoms. The van der Waals surface area contributed by atoms with Crippen LogP contribution in [0.5, 0.6) is 0 Å².